The number of carbonyl (C=O) groups excluding carboxylic acids is 1. The third-order valence-corrected chi connectivity index (χ3v) is 4.53. The summed E-state index contributed by atoms with van der Waals surface area (Å²) in [4.78, 5) is 13.8. The van der Waals surface area contributed by atoms with Crippen molar-refractivity contribution in [3.05, 3.63) is 0 Å². The van der Waals surface area contributed by atoms with Crippen LogP contribution in [0.5, 0.6) is 0 Å². The van der Waals surface area contributed by atoms with E-state index in [1.54, 1.807) is 0 Å². The molecule has 0 aromatic heterocycles. The second kappa shape index (κ2) is 4.95. The van der Waals surface area contributed by atoms with Crippen molar-refractivity contribution >= 4 is 17.5 Å². The summed E-state index contributed by atoms with van der Waals surface area (Å²) in [5.41, 5.74) is 0. The van der Waals surface area contributed by atoms with E-state index in [1.165, 1.54) is 25.7 Å². The lowest BCUT2D eigenvalue weighted by Gasteiger charge is -2.36. The van der Waals surface area contributed by atoms with Crippen molar-refractivity contribution in [1.82, 2.24) is 4.90 Å². The van der Waals surface area contributed by atoms with Crippen LogP contribution in [0.25, 0.3) is 0 Å². The molecule has 1 saturated heterocycles. The summed E-state index contributed by atoms with van der Waals surface area (Å²) in [7, 11) is 0. The first kappa shape index (κ1) is 12.2. The topological polar surface area (TPSA) is 20.3 Å². The molecule has 1 unspecified atom stereocenters. The molecule has 0 N–H and O–H groups in total. The minimum atomic E-state index is 0.0512. The van der Waals surface area contributed by atoms with E-state index < -0.39 is 0 Å². The van der Waals surface area contributed by atoms with Gasteiger partial charge in [0.15, 0.2) is 0 Å². The largest absolute Gasteiger partial charge is 0.338 e. The van der Waals surface area contributed by atoms with Gasteiger partial charge in [0.2, 0.25) is 5.91 Å². The number of halogens is 1. The molecular weight excluding hydrogens is 222 g/mol. The van der Waals surface area contributed by atoms with Gasteiger partial charge in [0, 0.05) is 19.0 Å². The number of nitrogens with zero attached hydrogens (tertiary/aromatic N) is 1. The summed E-state index contributed by atoms with van der Waals surface area (Å²) in [5, 5.41) is 0.0512. The molecule has 0 bridgehead atoms. The van der Waals surface area contributed by atoms with Gasteiger partial charge in [-0.1, -0.05) is 13.8 Å². The zero-order valence-corrected chi connectivity index (χ0v) is 11.0. The van der Waals surface area contributed by atoms with Crippen LogP contribution < -0.4 is 0 Å². The van der Waals surface area contributed by atoms with Crippen LogP contribution in [0.15, 0.2) is 0 Å². The Morgan fingerprint density at radius 2 is 1.88 bits per heavy atom. The zero-order valence-electron chi connectivity index (χ0n) is 10.3. The molecule has 3 heteroatoms. The van der Waals surface area contributed by atoms with Gasteiger partial charge in [-0.15, -0.1) is 11.6 Å². The van der Waals surface area contributed by atoms with Crippen LogP contribution in [0.3, 0.4) is 0 Å². The second-order valence-electron chi connectivity index (χ2n) is 5.66. The summed E-state index contributed by atoms with van der Waals surface area (Å²) in [5.74, 6) is 1.92. The first-order valence-electron chi connectivity index (χ1n) is 6.51. The van der Waals surface area contributed by atoms with Crippen molar-refractivity contribution in [2.24, 2.45) is 11.8 Å². The number of rotatable bonds is 2. The predicted octanol–water partition coefficient (Wildman–Crippen LogP) is 3.04. The van der Waals surface area contributed by atoms with E-state index in [-0.39, 0.29) is 11.3 Å². The maximum atomic E-state index is 11.7. The first-order chi connectivity index (χ1) is 7.58. The number of alkyl halides is 1. The minimum absolute atomic E-state index is 0.0512. The van der Waals surface area contributed by atoms with E-state index in [0.29, 0.717) is 12.5 Å². The first-order valence-corrected chi connectivity index (χ1v) is 6.95. The molecule has 0 radical (unpaired) electrons. The highest BCUT2D eigenvalue weighted by Gasteiger charge is 2.35. The Labute approximate surface area is 103 Å². The molecule has 0 spiro atoms. The van der Waals surface area contributed by atoms with E-state index in [0.717, 1.165) is 18.4 Å². The monoisotopic (exact) mass is 243 g/mol. The average Bonchev–Trinajstić information content (AvgIpc) is 2.58. The summed E-state index contributed by atoms with van der Waals surface area (Å²) < 4.78 is 0. The van der Waals surface area contributed by atoms with E-state index in [4.69, 9.17) is 11.6 Å². The highest BCUT2D eigenvalue weighted by Crippen LogP contribution is 2.34. The Morgan fingerprint density at radius 3 is 2.31 bits per heavy atom. The van der Waals surface area contributed by atoms with E-state index in [9.17, 15) is 4.79 Å². The SMILES string of the molecule is CC(C)C1CCC(N2CC(Cl)CC2=O)CC1. The molecule has 1 aliphatic heterocycles. The number of carbonyl (C=O) groups is 1. The summed E-state index contributed by atoms with van der Waals surface area (Å²) in [6.45, 7) is 5.39. The Hall–Kier alpha value is -0.240. The van der Waals surface area contributed by atoms with Gasteiger partial charge in [-0.3, -0.25) is 4.79 Å². The van der Waals surface area contributed by atoms with Crippen molar-refractivity contribution in [2.75, 3.05) is 6.54 Å². The van der Waals surface area contributed by atoms with Crippen LogP contribution in [0.1, 0.15) is 46.0 Å². The fraction of sp³-hybridized carbons (Fsp3) is 0.923. The van der Waals surface area contributed by atoms with Gasteiger partial charge in [-0.05, 0) is 37.5 Å². The molecular formula is C13H22ClNO. The van der Waals surface area contributed by atoms with Gasteiger partial charge in [0.1, 0.15) is 0 Å². The van der Waals surface area contributed by atoms with Crippen molar-refractivity contribution in [3.8, 4) is 0 Å². The number of likely N-dealkylation sites (tertiary alicyclic amines) is 1. The summed E-state index contributed by atoms with van der Waals surface area (Å²) >= 11 is 6.04. The lowest BCUT2D eigenvalue weighted by Crippen LogP contribution is -2.39. The Bertz CT molecular complexity index is 259. The molecule has 16 heavy (non-hydrogen) atoms. The normalized spacial score (nSPS) is 36.1. The van der Waals surface area contributed by atoms with Gasteiger partial charge < -0.3 is 4.90 Å². The van der Waals surface area contributed by atoms with Crippen LogP contribution in [0.2, 0.25) is 0 Å². The number of amides is 1. The highest BCUT2D eigenvalue weighted by molar-refractivity contribution is 6.22. The van der Waals surface area contributed by atoms with E-state index >= 15 is 0 Å². The molecule has 92 valence electrons. The zero-order chi connectivity index (χ0) is 11.7. The smallest absolute Gasteiger partial charge is 0.224 e. The van der Waals surface area contributed by atoms with Crippen molar-refractivity contribution in [1.29, 1.82) is 0 Å². The molecule has 1 atom stereocenters. The van der Waals surface area contributed by atoms with Crippen LogP contribution >= 0.6 is 11.6 Å². The molecule has 0 aromatic rings. The number of hydrogen-bond acceptors (Lipinski definition) is 1. The van der Waals surface area contributed by atoms with E-state index in [2.05, 4.69) is 13.8 Å². The predicted molar refractivity (Wildman–Crippen MR) is 66.6 cm³/mol. The minimum Gasteiger partial charge on any atom is -0.338 e. The maximum absolute atomic E-state index is 11.7. The van der Waals surface area contributed by atoms with Gasteiger partial charge in [0.05, 0.1) is 5.38 Å². The standard InChI is InChI=1S/C13H22ClNO/c1-9(2)10-3-5-12(6-4-10)15-8-11(14)7-13(15)16/h9-12H,3-8H2,1-2H3. The lowest BCUT2D eigenvalue weighted by molar-refractivity contribution is -0.130. The highest BCUT2D eigenvalue weighted by atomic mass is 35.5. The molecule has 0 aromatic carbocycles. The Kier molecular flexibility index (Phi) is 3.78. The van der Waals surface area contributed by atoms with Crippen LogP contribution in [0.4, 0.5) is 0 Å². The second-order valence-corrected chi connectivity index (χ2v) is 6.28. The van der Waals surface area contributed by atoms with Crippen molar-refractivity contribution < 1.29 is 4.79 Å². The van der Waals surface area contributed by atoms with Gasteiger partial charge in [0.25, 0.3) is 0 Å². The van der Waals surface area contributed by atoms with Gasteiger partial charge >= 0.3 is 0 Å². The van der Waals surface area contributed by atoms with E-state index in [1.807, 2.05) is 4.90 Å². The molecule has 1 amide bonds. The Balaban J connectivity index is 1.87. The van der Waals surface area contributed by atoms with Crippen molar-refractivity contribution in [2.45, 2.75) is 57.4 Å². The van der Waals surface area contributed by atoms with Gasteiger partial charge in [-0.25, -0.2) is 0 Å². The third-order valence-electron chi connectivity index (χ3n) is 4.24. The van der Waals surface area contributed by atoms with Crippen molar-refractivity contribution in [3.63, 3.8) is 0 Å². The maximum Gasteiger partial charge on any atom is 0.224 e. The molecule has 1 heterocycles. The average molecular weight is 244 g/mol. The van der Waals surface area contributed by atoms with Crippen LogP contribution in [-0.2, 0) is 4.79 Å². The fourth-order valence-electron chi connectivity index (χ4n) is 3.12. The third kappa shape index (κ3) is 2.53. The molecule has 2 nitrogen and oxygen atoms in total. The summed E-state index contributed by atoms with van der Waals surface area (Å²) in [6, 6.07) is 0.478. The molecule has 2 aliphatic rings. The lowest BCUT2D eigenvalue weighted by atomic mass is 9.79. The molecule has 2 fully saturated rings. The van der Waals surface area contributed by atoms with Gasteiger partial charge in [-0.2, -0.15) is 0 Å². The molecule has 2 rings (SSSR count). The Morgan fingerprint density at radius 1 is 1.25 bits per heavy atom. The molecule has 1 aliphatic carbocycles. The van der Waals surface area contributed by atoms with Crippen LogP contribution in [-0.4, -0.2) is 28.8 Å². The fourth-order valence-corrected chi connectivity index (χ4v) is 3.40. The molecule has 1 saturated carbocycles. The summed E-state index contributed by atoms with van der Waals surface area (Å²) in [6.07, 6.45) is 5.46. The number of hydrogen-bond donors (Lipinski definition) is 0. The van der Waals surface area contributed by atoms with Crippen LogP contribution in [0, 0.1) is 11.8 Å². The quantitative estimate of drug-likeness (QED) is 0.683.